The number of rotatable bonds is 5. The van der Waals surface area contributed by atoms with Crippen LogP contribution in [0.15, 0.2) is 66.3 Å². The van der Waals surface area contributed by atoms with Crippen molar-refractivity contribution in [2.24, 2.45) is 5.92 Å². The van der Waals surface area contributed by atoms with Crippen molar-refractivity contribution in [3.63, 3.8) is 0 Å². The number of ketones is 1. The maximum absolute atomic E-state index is 12.9. The van der Waals surface area contributed by atoms with Crippen molar-refractivity contribution in [2.75, 3.05) is 0 Å². The zero-order chi connectivity index (χ0) is 20.6. The minimum atomic E-state index is -0.533. The molecule has 0 saturated heterocycles. The molecule has 3 nitrogen and oxygen atoms in total. The van der Waals surface area contributed by atoms with Crippen LogP contribution in [0.4, 0.5) is 0 Å². The zero-order valence-corrected chi connectivity index (χ0v) is 17.3. The number of phenolic OH excluding ortho intramolecular Hbond substituents is 1. The van der Waals surface area contributed by atoms with E-state index < -0.39 is 5.60 Å². The molecule has 0 fully saturated rings. The number of ether oxygens (including phenoxy) is 1. The molecule has 150 valence electrons. The Balaban J connectivity index is 1.54. The number of hydrogen-bond acceptors (Lipinski definition) is 3. The Morgan fingerprint density at radius 2 is 1.86 bits per heavy atom. The molecule has 0 saturated carbocycles. The topological polar surface area (TPSA) is 46.5 Å². The molecule has 0 bridgehead atoms. The van der Waals surface area contributed by atoms with Gasteiger partial charge in [0.05, 0.1) is 5.60 Å². The molecule has 29 heavy (non-hydrogen) atoms. The third-order valence-corrected chi connectivity index (χ3v) is 6.09. The molecule has 2 aromatic carbocycles. The van der Waals surface area contributed by atoms with Gasteiger partial charge in [-0.3, -0.25) is 4.79 Å². The van der Waals surface area contributed by atoms with Crippen molar-refractivity contribution in [2.45, 2.75) is 51.7 Å². The standard InChI is InChI=1S/C26H28O3/c1-17(9-7-12-18-10-5-4-6-11-18)19-16-24-20(15-23(19)28)25-21(26(2,3)29-24)13-8-14-22(25)27/h4-6,8,10-11,13-17,24,27H,7,9,12H2,1-3H3. The number of aryl methyl sites for hydroxylation is 1. The summed E-state index contributed by atoms with van der Waals surface area (Å²) in [6, 6.07) is 15.9. The van der Waals surface area contributed by atoms with Crippen LogP contribution in [-0.2, 0) is 21.6 Å². The molecule has 2 unspecified atom stereocenters. The van der Waals surface area contributed by atoms with Crippen LogP contribution in [0.1, 0.15) is 50.3 Å². The van der Waals surface area contributed by atoms with Crippen molar-refractivity contribution in [3.05, 3.63) is 82.9 Å². The smallest absolute Gasteiger partial charge is 0.182 e. The molecule has 1 aliphatic carbocycles. The van der Waals surface area contributed by atoms with E-state index >= 15 is 0 Å². The summed E-state index contributed by atoms with van der Waals surface area (Å²) in [6.07, 6.45) is 6.33. The van der Waals surface area contributed by atoms with E-state index in [0.717, 1.165) is 41.5 Å². The Kier molecular flexibility index (Phi) is 5.18. The van der Waals surface area contributed by atoms with Crippen molar-refractivity contribution >= 4 is 11.4 Å². The number of hydrogen-bond donors (Lipinski definition) is 1. The van der Waals surface area contributed by atoms with Gasteiger partial charge in [0, 0.05) is 11.1 Å². The minimum absolute atomic E-state index is 0.0287. The number of allylic oxidation sites excluding steroid dienone is 2. The molecule has 1 heterocycles. The van der Waals surface area contributed by atoms with Gasteiger partial charge in [-0.1, -0.05) is 49.4 Å². The predicted molar refractivity (Wildman–Crippen MR) is 116 cm³/mol. The second-order valence-corrected chi connectivity index (χ2v) is 8.61. The van der Waals surface area contributed by atoms with Gasteiger partial charge in [0.2, 0.25) is 0 Å². The first-order chi connectivity index (χ1) is 13.9. The fraction of sp³-hybridized carbons (Fsp3) is 0.346. The monoisotopic (exact) mass is 388 g/mol. The van der Waals surface area contributed by atoms with Crippen LogP contribution in [-0.4, -0.2) is 17.0 Å². The van der Waals surface area contributed by atoms with Crippen LogP contribution in [0.2, 0.25) is 0 Å². The Morgan fingerprint density at radius 3 is 2.62 bits per heavy atom. The highest BCUT2D eigenvalue weighted by atomic mass is 16.5. The Labute approximate surface area is 172 Å². The predicted octanol–water partition coefficient (Wildman–Crippen LogP) is 5.58. The first-order valence-electron chi connectivity index (χ1n) is 10.4. The molecule has 2 aliphatic rings. The SMILES string of the molecule is CC(CCCc1ccccc1)C1=CC2OC(C)(C)c3cccc(O)c3C2=CC1=O. The van der Waals surface area contributed by atoms with E-state index in [1.165, 1.54) is 5.56 Å². The molecule has 2 atom stereocenters. The maximum Gasteiger partial charge on any atom is 0.182 e. The van der Waals surface area contributed by atoms with E-state index in [-0.39, 0.29) is 23.6 Å². The lowest BCUT2D eigenvalue weighted by Gasteiger charge is -2.40. The number of benzene rings is 2. The van der Waals surface area contributed by atoms with E-state index in [0.29, 0.717) is 0 Å². The number of carbonyl (C=O) groups is 1. The molecular formula is C26H28O3. The lowest BCUT2D eigenvalue weighted by molar-refractivity contribution is -0.112. The number of aromatic hydroxyl groups is 1. The summed E-state index contributed by atoms with van der Waals surface area (Å²) in [5.41, 5.74) is 4.04. The van der Waals surface area contributed by atoms with Gasteiger partial charge in [0.1, 0.15) is 11.9 Å². The Bertz CT molecular complexity index is 982. The number of fused-ring (bicyclic) bond motifs is 3. The van der Waals surface area contributed by atoms with E-state index in [1.54, 1.807) is 12.1 Å². The van der Waals surface area contributed by atoms with Gasteiger partial charge in [-0.15, -0.1) is 0 Å². The highest BCUT2D eigenvalue weighted by Crippen LogP contribution is 2.47. The fourth-order valence-electron chi connectivity index (χ4n) is 4.50. The van der Waals surface area contributed by atoms with E-state index in [4.69, 9.17) is 4.74 Å². The second-order valence-electron chi connectivity index (χ2n) is 8.61. The van der Waals surface area contributed by atoms with Crippen LogP contribution in [0.5, 0.6) is 5.75 Å². The molecule has 1 aliphatic heterocycles. The largest absolute Gasteiger partial charge is 0.507 e. The summed E-state index contributed by atoms with van der Waals surface area (Å²) in [7, 11) is 0. The van der Waals surface area contributed by atoms with Crippen molar-refractivity contribution in [1.29, 1.82) is 0 Å². The van der Waals surface area contributed by atoms with Gasteiger partial charge in [0.15, 0.2) is 5.78 Å². The van der Waals surface area contributed by atoms with Crippen molar-refractivity contribution in [1.82, 2.24) is 0 Å². The minimum Gasteiger partial charge on any atom is -0.507 e. The van der Waals surface area contributed by atoms with Gasteiger partial charge >= 0.3 is 0 Å². The quantitative estimate of drug-likeness (QED) is 0.727. The lowest BCUT2D eigenvalue weighted by Crippen LogP contribution is -2.36. The number of carbonyl (C=O) groups excluding carboxylic acids is 1. The van der Waals surface area contributed by atoms with Crippen molar-refractivity contribution in [3.8, 4) is 5.75 Å². The summed E-state index contributed by atoms with van der Waals surface area (Å²) in [6.45, 7) is 6.14. The van der Waals surface area contributed by atoms with E-state index in [1.807, 2.05) is 38.1 Å². The molecule has 0 radical (unpaired) electrons. The summed E-state index contributed by atoms with van der Waals surface area (Å²) >= 11 is 0. The summed E-state index contributed by atoms with van der Waals surface area (Å²) in [4.78, 5) is 12.9. The van der Waals surface area contributed by atoms with Gasteiger partial charge in [0.25, 0.3) is 0 Å². The average Bonchev–Trinajstić information content (AvgIpc) is 2.69. The highest BCUT2D eigenvalue weighted by molar-refractivity contribution is 6.11. The zero-order valence-electron chi connectivity index (χ0n) is 17.3. The van der Waals surface area contributed by atoms with Crippen molar-refractivity contribution < 1.29 is 14.6 Å². The van der Waals surface area contributed by atoms with Gasteiger partial charge in [-0.05, 0) is 73.9 Å². The Morgan fingerprint density at radius 1 is 1.10 bits per heavy atom. The van der Waals surface area contributed by atoms with E-state index in [9.17, 15) is 9.90 Å². The molecule has 4 rings (SSSR count). The third kappa shape index (κ3) is 3.79. The van der Waals surface area contributed by atoms with Gasteiger partial charge < -0.3 is 9.84 Å². The van der Waals surface area contributed by atoms with Crippen LogP contribution < -0.4 is 0 Å². The van der Waals surface area contributed by atoms with Gasteiger partial charge in [-0.25, -0.2) is 0 Å². The fourth-order valence-corrected chi connectivity index (χ4v) is 4.50. The summed E-state index contributed by atoms with van der Waals surface area (Å²) < 4.78 is 6.35. The molecular weight excluding hydrogens is 360 g/mol. The molecule has 0 aromatic heterocycles. The molecule has 1 N–H and O–H groups in total. The van der Waals surface area contributed by atoms with E-state index in [2.05, 4.69) is 31.2 Å². The summed E-state index contributed by atoms with van der Waals surface area (Å²) in [5, 5.41) is 10.5. The second kappa shape index (κ2) is 7.64. The Hall–Kier alpha value is -2.65. The molecule has 0 spiro atoms. The van der Waals surface area contributed by atoms with Crippen LogP contribution >= 0.6 is 0 Å². The van der Waals surface area contributed by atoms with Crippen LogP contribution in [0.25, 0.3) is 5.57 Å². The summed E-state index contributed by atoms with van der Waals surface area (Å²) in [5.74, 6) is 0.401. The lowest BCUT2D eigenvalue weighted by atomic mass is 9.78. The average molecular weight is 389 g/mol. The molecule has 3 heteroatoms. The number of phenols is 1. The third-order valence-electron chi connectivity index (χ3n) is 6.09. The first kappa shape index (κ1) is 19.7. The maximum atomic E-state index is 12.9. The normalized spacial score (nSPS) is 20.9. The van der Waals surface area contributed by atoms with Crippen LogP contribution in [0.3, 0.4) is 0 Å². The molecule has 2 aromatic rings. The first-order valence-corrected chi connectivity index (χ1v) is 10.4. The highest BCUT2D eigenvalue weighted by Gasteiger charge is 2.40. The molecule has 0 amide bonds. The van der Waals surface area contributed by atoms with Crippen LogP contribution in [0, 0.1) is 5.92 Å². The van der Waals surface area contributed by atoms with Gasteiger partial charge in [-0.2, -0.15) is 0 Å².